The molecule has 1 atom stereocenters. The second-order valence-corrected chi connectivity index (χ2v) is 8.91. The van der Waals surface area contributed by atoms with Crippen LogP contribution in [0.5, 0.6) is 0 Å². The maximum absolute atomic E-state index is 12.1. The van der Waals surface area contributed by atoms with Crippen LogP contribution in [0.25, 0.3) is 0 Å². The molecule has 0 spiro atoms. The average Bonchev–Trinajstić information content (AvgIpc) is 2.99. The van der Waals surface area contributed by atoms with Crippen molar-refractivity contribution in [3.63, 3.8) is 0 Å². The number of carbonyl (C=O) groups excluding carboxylic acids is 1. The zero-order chi connectivity index (χ0) is 19.4. The highest BCUT2D eigenvalue weighted by Crippen LogP contribution is 2.17. The second-order valence-electron chi connectivity index (χ2n) is 7.30. The molecule has 0 bridgehead atoms. The van der Waals surface area contributed by atoms with Crippen molar-refractivity contribution in [3.8, 4) is 0 Å². The van der Waals surface area contributed by atoms with Gasteiger partial charge >= 0.3 is 6.09 Å². The fourth-order valence-corrected chi connectivity index (χ4v) is 3.38. The first-order chi connectivity index (χ1) is 12.1. The van der Waals surface area contributed by atoms with Gasteiger partial charge < -0.3 is 14.4 Å². The molecule has 0 aliphatic carbocycles. The van der Waals surface area contributed by atoms with E-state index in [2.05, 4.69) is 0 Å². The van der Waals surface area contributed by atoms with Crippen molar-refractivity contribution in [1.29, 1.82) is 0 Å². The third-order valence-electron chi connectivity index (χ3n) is 3.78. The smallest absolute Gasteiger partial charge is 0.410 e. The van der Waals surface area contributed by atoms with Gasteiger partial charge in [0.15, 0.2) is 0 Å². The summed E-state index contributed by atoms with van der Waals surface area (Å²) < 4.78 is 40.1. The number of nitrogens with zero attached hydrogens (tertiary/aromatic N) is 1. The summed E-state index contributed by atoms with van der Waals surface area (Å²) >= 11 is 0. The summed E-state index contributed by atoms with van der Waals surface area (Å²) in [6, 6.07) is 6.47. The first-order valence-electron chi connectivity index (χ1n) is 8.62. The number of likely N-dealkylation sites (tertiary alicyclic amines) is 1. The number of rotatable bonds is 6. The Labute approximate surface area is 155 Å². The van der Waals surface area contributed by atoms with E-state index >= 15 is 0 Å². The highest BCUT2D eigenvalue weighted by Gasteiger charge is 2.30. The zero-order valence-electron chi connectivity index (χ0n) is 15.7. The molecule has 7 nitrogen and oxygen atoms in total. The van der Waals surface area contributed by atoms with Crippen LogP contribution in [0.4, 0.5) is 4.79 Å². The van der Waals surface area contributed by atoms with E-state index in [0.717, 1.165) is 5.56 Å². The van der Waals surface area contributed by atoms with Gasteiger partial charge in [-0.05, 0) is 46.2 Å². The van der Waals surface area contributed by atoms with E-state index in [-0.39, 0.29) is 30.3 Å². The maximum Gasteiger partial charge on any atom is 0.410 e. The SMILES string of the molecule is Cc1ccc(S(=O)(=O)OCCO[C@@H]2CCN(C(=O)OC(C)(C)C)C2)cc1. The predicted octanol–water partition coefficient (Wildman–Crippen LogP) is 2.73. The Balaban J connectivity index is 1.72. The van der Waals surface area contributed by atoms with Crippen molar-refractivity contribution in [3.05, 3.63) is 29.8 Å². The summed E-state index contributed by atoms with van der Waals surface area (Å²) in [5, 5.41) is 0. The highest BCUT2D eigenvalue weighted by molar-refractivity contribution is 7.86. The molecule has 2 rings (SSSR count). The van der Waals surface area contributed by atoms with Gasteiger partial charge in [-0.3, -0.25) is 4.18 Å². The van der Waals surface area contributed by atoms with Crippen LogP contribution in [0.1, 0.15) is 32.8 Å². The quantitative estimate of drug-likeness (QED) is 0.553. The lowest BCUT2D eigenvalue weighted by molar-refractivity contribution is 0.0175. The van der Waals surface area contributed by atoms with Crippen LogP contribution in [0, 0.1) is 6.92 Å². The zero-order valence-corrected chi connectivity index (χ0v) is 16.5. The van der Waals surface area contributed by atoms with Crippen LogP contribution in [-0.4, -0.2) is 57.4 Å². The molecule has 26 heavy (non-hydrogen) atoms. The molecular weight excluding hydrogens is 358 g/mol. The molecule has 8 heteroatoms. The highest BCUT2D eigenvalue weighted by atomic mass is 32.2. The number of hydrogen-bond acceptors (Lipinski definition) is 6. The Morgan fingerprint density at radius 3 is 2.46 bits per heavy atom. The predicted molar refractivity (Wildman–Crippen MR) is 96.5 cm³/mol. The minimum absolute atomic E-state index is 0.0703. The van der Waals surface area contributed by atoms with Crippen LogP contribution in [0.3, 0.4) is 0 Å². The van der Waals surface area contributed by atoms with E-state index in [4.69, 9.17) is 13.7 Å². The number of benzene rings is 1. The topological polar surface area (TPSA) is 82.1 Å². The van der Waals surface area contributed by atoms with Crippen molar-refractivity contribution in [2.45, 2.75) is 50.7 Å². The minimum atomic E-state index is -3.78. The second kappa shape index (κ2) is 8.37. The van der Waals surface area contributed by atoms with Crippen LogP contribution in [0.15, 0.2) is 29.2 Å². The van der Waals surface area contributed by atoms with Gasteiger partial charge in [0, 0.05) is 6.54 Å². The van der Waals surface area contributed by atoms with E-state index < -0.39 is 15.7 Å². The van der Waals surface area contributed by atoms with Gasteiger partial charge in [0.05, 0.1) is 30.8 Å². The van der Waals surface area contributed by atoms with Gasteiger partial charge in [0.25, 0.3) is 10.1 Å². The molecule has 1 aliphatic heterocycles. The monoisotopic (exact) mass is 385 g/mol. The number of hydrogen-bond donors (Lipinski definition) is 0. The third-order valence-corrected chi connectivity index (χ3v) is 5.11. The fraction of sp³-hybridized carbons (Fsp3) is 0.611. The van der Waals surface area contributed by atoms with E-state index in [0.29, 0.717) is 19.5 Å². The van der Waals surface area contributed by atoms with E-state index in [1.165, 1.54) is 12.1 Å². The van der Waals surface area contributed by atoms with Gasteiger partial charge in [0.2, 0.25) is 0 Å². The van der Waals surface area contributed by atoms with Gasteiger partial charge in [-0.25, -0.2) is 4.79 Å². The summed E-state index contributed by atoms with van der Waals surface area (Å²) in [6.45, 7) is 8.40. The summed E-state index contributed by atoms with van der Waals surface area (Å²) in [5.41, 5.74) is 0.442. The van der Waals surface area contributed by atoms with Crippen LogP contribution in [0.2, 0.25) is 0 Å². The van der Waals surface area contributed by atoms with Gasteiger partial charge in [0.1, 0.15) is 5.60 Å². The summed E-state index contributed by atoms with van der Waals surface area (Å²) in [7, 11) is -3.78. The van der Waals surface area contributed by atoms with Crippen molar-refractivity contribution >= 4 is 16.2 Å². The fourth-order valence-electron chi connectivity index (χ4n) is 2.49. The maximum atomic E-state index is 12.1. The largest absolute Gasteiger partial charge is 0.444 e. The Bertz CT molecular complexity index is 708. The molecule has 1 amide bonds. The Morgan fingerprint density at radius 2 is 1.85 bits per heavy atom. The van der Waals surface area contributed by atoms with Crippen molar-refractivity contribution in [1.82, 2.24) is 4.90 Å². The molecule has 1 heterocycles. The lowest BCUT2D eigenvalue weighted by Crippen LogP contribution is -2.36. The van der Waals surface area contributed by atoms with E-state index in [9.17, 15) is 13.2 Å². The van der Waals surface area contributed by atoms with E-state index in [1.54, 1.807) is 17.0 Å². The molecule has 1 aliphatic rings. The number of aryl methyl sites for hydroxylation is 1. The van der Waals surface area contributed by atoms with Gasteiger partial charge in [-0.1, -0.05) is 17.7 Å². The molecule has 0 saturated carbocycles. The molecular formula is C18H27NO6S. The number of ether oxygens (including phenoxy) is 2. The molecule has 1 fully saturated rings. The standard InChI is InChI=1S/C18H27NO6S/c1-14-5-7-16(8-6-14)26(21,22)24-12-11-23-15-9-10-19(13-15)17(20)25-18(2,3)4/h5-8,15H,9-13H2,1-4H3/t15-/m1/s1. The molecule has 0 unspecified atom stereocenters. The normalized spacial score (nSPS) is 18.2. The Morgan fingerprint density at radius 1 is 1.19 bits per heavy atom. The molecule has 0 N–H and O–H groups in total. The lowest BCUT2D eigenvalue weighted by Gasteiger charge is -2.24. The van der Waals surface area contributed by atoms with Crippen molar-refractivity contribution in [2.24, 2.45) is 0 Å². The molecule has 146 valence electrons. The summed E-state index contributed by atoms with van der Waals surface area (Å²) in [6.07, 6.45) is 0.180. The van der Waals surface area contributed by atoms with Crippen molar-refractivity contribution < 1.29 is 26.9 Å². The molecule has 1 saturated heterocycles. The first kappa shape index (κ1) is 20.7. The number of carbonyl (C=O) groups is 1. The third kappa shape index (κ3) is 6.26. The van der Waals surface area contributed by atoms with Gasteiger partial charge in [-0.2, -0.15) is 8.42 Å². The molecule has 0 radical (unpaired) electrons. The Kier molecular flexibility index (Phi) is 6.65. The minimum Gasteiger partial charge on any atom is -0.444 e. The van der Waals surface area contributed by atoms with Crippen LogP contribution < -0.4 is 0 Å². The molecule has 0 aromatic heterocycles. The van der Waals surface area contributed by atoms with E-state index in [1.807, 2.05) is 27.7 Å². The number of amides is 1. The van der Waals surface area contributed by atoms with Crippen LogP contribution >= 0.6 is 0 Å². The van der Waals surface area contributed by atoms with Crippen LogP contribution in [-0.2, 0) is 23.8 Å². The van der Waals surface area contributed by atoms with Crippen molar-refractivity contribution in [2.75, 3.05) is 26.3 Å². The molecule has 1 aromatic rings. The molecule has 1 aromatic carbocycles. The first-order valence-corrected chi connectivity index (χ1v) is 10.0. The summed E-state index contributed by atoms with van der Waals surface area (Å²) in [5.74, 6) is 0. The van der Waals surface area contributed by atoms with Gasteiger partial charge in [-0.15, -0.1) is 0 Å². The Hall–Kier alpha value is -1.64. The summed E-state index contributed by atoms with van der Waals surface area (Å²) in [4.78, 5) is 13.7. The lowest BCUT2D eigenvalue weighted by atomic mass is 10.2. The average molecular weight is 385 g/mol.